The zero-order valence-electron chi connectivity index (χ0n) is 15.7. The number of nitrogens with one attached hydrogen (secondary N) is 2. The molecule has 0 aliphatic carbocycles. The van der Waals surface area contributed by atoms with Crippen LogP contribution < -0.4 is 15.4 Å². The third kappa shape index (κ3) is 5.77. The maximum Gasteiger partial charge on any atom is 0.255 e. The smallest absolute Gasteiger partial charge is 0.255 e. The molecule has 0 radical (unpaired) electrons. The molecule has 0 atom stereocenters. The molecule has 3 aromatic carbocycles. The summed E-state index contributed by atoms with van der Waals surface area (Å²) >= 11 is 0. The number of amides is 2. The highest BCUT2D eigenvalue weighted by Crippen LogP contribution is 2.17. The van der Waals surface area contributed by atoms with E-state index in [1.54, 1.807) is 67.8 Å². The summed E-state index contributed by atoms with van der Waals surface area (Å²) in [5.41, 5.74) is 2.23. The van der Waals surface area contributed by atoms with Gasteiger partial charge < -0.3 is 15.4 Å². The van der Waals surface area contributed by atoms with Crippen LogP contribution in [0, 0.1) is 5.82 Å². The van der Waals surface area contributed by atoms with Crippen LogP contribution >= 0.6 is 0 Å². The quantitative estimate of drug-likeness (QED) is 0.598. The fraction of sp³-hybridized carbons (Fsp3) is 0.0435. The summed E-state index contributed by atoms with van der Waals surface area (Å²) in [5.74, 6) is -0.283. The molecule has 3 rings (SSSR count). The summed E-state index contributed by atoms with van der Waals surface area (Å²) in [5, 5.41) is 5.48. The fourth-order valence-electron chi connectivity index (χ4n) is 2.55. The molecule has 0 fully saturated rings. The molecule has 146 valence electrons. The molecule has 0 spiro atoms. The number of methoxy groups -OCH3 is 1. The highest BCUT2D eigenvalue weighted by atomic mass is 19.1. The normalized spacial score (nSPS) is 10.6. The number of benzene rings is 3. The van der Waals surface area contributed by atoms with Gasteiger partial charge in [0.05, 0.1) is 7.11 Å². The molecule has 3 aromatic rings. The minimum Gasteiger partial charge on any atom is -0.497 e. The van der Waals surface area contributed by atoms with E-state index in [4.69, 9.17) is 4.74 Å². The maximum atomic E-state index is 13.1. The van der Waals surface area contributed by atoms with Crippen LogP contribution in [0.25, 0.3) is 6.08 Å². The van der Waals surface area contributed by atoms with Gasteiger partial charge in [0.2, 0.25) is 5.91 Å². The van der Waals surface area contributed by atoms with Crippen LogP contribution in [0.4, 0.5) is 15.8 Å². The van der Waals surface area contributed by atoms with Crippen molar-refractivity contribution < 1.29 is 18.7 Å². The lowest BCUT2D eigenvalue weighted by Gasteiger charge is -2.07. The summed E-state index contributed by atoms with van der Waals surface area (Å²) in [4.78, 5) is 24.3. The monoisotopic (exact) mass is 390 g/mol. The molecule has 0 saturated heterocycles. The lowest BCUT2D eigenvalue weighted by molar-refractivity contribution is -0.111. The van der Waals surface area contributed by atoms with E-state index in [9.17, 15) is 14.0 Å². The van der Waals surface area contributed by atoms with Crippen molar-refractivity contribution in [3.05, 3.63) is 95.8 Å². The lowest BCUT2D eigenvalue weighted by Crippen LogP contribution is -2.12. The van der Waals surface area contributed by atoms with Crippen LogP contribution in [0.5, 0.6) is 5.75 Å². The van der Waals surface area contributed by atoms with Crippen molar-refractivity contribution in [3.8, 4) is 5.75 Å². The van der Waals surface area contributed by atoms with Crippen LogP contribution in [0.1, 0.15) is 15.9 Å². The Balaban J connectivity index is 1.57. The Morgan fingerprint density at radius 3 is 2.21 bits per heavy atom. The van der Waals surface area contributed by atoms with Crippen molar-refractivity contribution in [1.29, 1.82) is 0 Å². The minimum atomic E-state index is -0.365. The molecule has 0 bridgehead atoms. The topological polar surface area (TPSA) is 67.4 Å². The molecular formula is C23H19FN2O3. The Bertz CT molecular complexity index is 1030. The average Bonchev–Trinajstić information content (AvgIpc) is 2.73. The summed E-state index contributed by atoms with van der Waals surface area (Å²) in [6.45, 7) is 0. The summed E-state index contributed by atoms with van der Waals surface area (Å²) in [6.07, 6.45) is 2.84. The molecule has 0 heterocycles. The van der Waals surface area contributed by atoms with E-state index in [1.807, 2.05) is 0 Å². The number of carbonyl (C=O) groups excluding carboxylic acids is 2. The second-order valence-electron chi connectivity index (χ2n) is 6.14. The van der Waals surface area contributed by atoms with Gasteiger partial charge in [-0.1, -0.05) is 12.1 Å². The standard InChI is InChI=1S/C23H19FN2O3/c1-29-21-12-10-20(11-13-21)26-23(28)17-6-8-19(9-7-17)25-22(27)14-5-16-3-2-4-18(24)15-16/h2-15H,1H3,(H,25,27)(H,26,28)/b14-5+. The first-order valence-electron chi connectivity index (χ1n) is 8.83. The third-order valence-corrected chi connectivity index (χ3v) is 4.04. The number of hydrogen-bond acceptors (Lipinski definition) is 3. The zero-order chi connectivity index (χ0) is 20.6. The summed E-state index contributed by atoms with van der Waals surface area (Å²) < 4.78 is 18.2. The number of halogens is 1. The van der Waals surface area contributed by atoms with E-state index in [2.05, 4.69) is 10.6 Å². The van der Waals surface area contributed by atoms with Gasteiger partial charge >= 0.3 is 0 Å². The molecule has 0 aliphatic rings. The minimum absolute atomic E-state index is 0.265. The van der Waals surface area contributed by atoms with E-state index < -0.39 is 0 Å². The van der Waals surface area contributed by atoms with E-state index in [0.29, 0.717) is 28.3 Å². The van der Waals surface area contributed by atoms with Crippen LogP contribution in [-0.2, 0) is 4.79 Å². The summed E-state index contributed by atoms with van der Waals surface area (Å²) in [6, 6.07) is 19.4. The van der Waals surface area contributed by atoms with Crippen LogP contribution in [-0.4, -0.2) is 18.9 Å². The zero-order valence-corrected chi connectivity index (χ0v) is 15.7. The van der Waals surface area contributed by atoms with Crippen molar-refractivity contribution in [3.63, 3.8) is 0 Å². The van der Waals surface area contributed by atoms with E-state index >= 15 is 0 Å². The second-order valence-corrected chi connectivity index (χ2v) is 6.14. The molecule has 2 amide bonds. The Morgan fingerprint density at radius 2 is 1.55 bits per heavy atom. The first-order valence-corrected chi connectivity index (χ1v) is 8.83. The van der Waals surface area contributed by atoms with E-state index in [1.165, 1.54) is 24.3 Å². The van der Waals surface area contributed by atoms with Gasteiger partial charge in [-0.25, -0.2) is 4.39 Å². The number of rotatable bonds is 6. The van der Waals surface area contributed by atoms with Gasteiger partial charge in [0, 0.05) is 23.0 Å². The highest BCUT2D eigenvalue weighted by Gasteiger charge is 2.07. The van der Waals surface area contributed by atoms with Gasteiger partial charge in [-0.15, -0.1) is 0 Å². The van der Waals surface area contributed by atoms with Gasteiger partial charge in [-0.2, -0.15) is 0 Å². The van der Waals surface area contributed by atoms with Crippen LogP contribution in [0.15, 0.2) is 78.9 Å². The Labute approximate surface area is 167 Å². The van der Waals surface area contributed by atoms with Crippen molar-refractivity contribution in [2.75, 3.05) is 17.7 Å². The molecule has 0 unspecified atom stereocenters. The molecule has 0 aromatic heterocycles. The largest absolute Gasteiger partial charge is 0.497 e. The van der Waals surface area contributed by atoms with Crippen molar-refractivity contribution in [2.45, 2.75) is 0 Å². The maximum absolute atomic E-state index is 13.1. The average molecular weight is 390 g/mol. The SMILES string of the molecule is COc1ccc(NC(=O)c2ccc(NC(=O)/C=C/c3cccc(F)c3)cc2)cc1. The third-order valence-electron chi connectivity index (χ3n) is 4.04. The number of carbonyl (C=O) groups is 2. The molecule has 0 aliphatic heterocycles. The predicted molar refractivity (Wildman–Crippen MR) is 111 cm³/mol. The first kappa shape index (κ1) is 19.8. The Kier molecular flexibility index (Phi) is 6.37. The van der Waals surface area contributed by atoms with Crippen LogP contribution in [0.3, 0.4) is 0 Å². The Hall–Kier alpha value is -3.93. The van der Waals surface area contributed by atoms with E-state index in [0.717, 1.165) is 0 Å². The predicted octanol–water partition coefficient (Wildman–Crippen LogP) is 4.74. The van der Waals surface area contributed by atoms with Crippen molar-refractivity contribution in [2.24, 2.45) is 0 Å². The molecule has 0 saturated carbocycles. The van der Waals surface area contributed by atoms with Crippen molar-refractivity contribution in [1.82, 2.24) is 0 Å². The number of ether oxygens (including phenoxy) is 1. The van der Waals surface area contributed by atoms with Gasteiger partial charge in [-0.05, 0) is 72.3 Å². The van der Waals surface area contributed by atoms with Gasteiger partial charge in [0.15, 0.2) is 0 Å². The summed E-state index contributed by atoms with van der Waals surface area (Å²) in [7, 11) is 1.57. The van der Waals surface area contributed by atoms with Gasteiger partial charge in [0.25, 0.3) is 5.91 Å². The number of hydrogen-bond donors (Lipinski definition) is 2. The lowest BCUT2D eigenvalue weighted by atomic mass is 10.2. The van der Waals surface area contributed by atoms with Gasteiger partial charge in [-0.3, -0.25) is 9.59 Å². The molecule has 6 heteroatoms. The van der Waals surface area contributed by atoms with Crippen molar-refractivity contribution >= 4 is 29.3 Å². The fourth-order valence-corrected chi connectivity index (χ4v) is 2.55. The van der Waals surface area contributed by atoms with E-state index in [-0.39, 0.29) is 17.6 Å². The van der Waals surface area contributed by atoms with Gasteiger partial charge in [0.1, 0.15) is 11.6 Å². The molecule has 2 N–H and O–H groups in total. The van der Waals surface area contributed by atoms with Crippen LogP contribution in [0.2, 0.25) is 0 Å². The Morgan fingerprint density at radius 1 is 0.897 bits per heavy atom. The number of anilines is 2. The second kappa shape index (κ2) is 9.32. The first-order chi connectivity index (χ1) is 14.0. The molecular weight excluding hydrogens is 371 g/mol. The molecule has 5 nitrogen and oxygen atoms in total. The highest BCUT2D eigenvalue weighted by molar-refractivity contribution is 6.05. The molecule has 29 heavy (non-hydrogen) atoms.